The summed E-state index contributed by atoms with van der Waals surface area (Å²) >= 11 is 6.31. The van der Waals surface area contributed by atoms with Gasteiger partial charge < -0.3 is 14.1 Å². The molecule has 0 radical (unpaired) electrons. The van der Waals surface area contributed by atoms with E-state index in [-0.39, 0.29) is 12.5 Å². The van der Waals surface area contributed by atoms with Crippen molar-refractivity contribution < 1.29 is 13.9 Å². The van der Waals surface area contributed by atoms with Crippen molar-refractivity contribution in [3.8, 4) is 5.75 Å². The number of carbonyl (C=O) groups is 1. The lowest BCUT2D eigenvalue weighted by atomic mass is 9.90. The van der Waals surface area contributed by atoms with Gasteiger partial charge in [0.15, 0.2) is 6.61 Å². The molecule has 1 amide bonds. The first kappa shape index (κ1) is 20.5. The molecule has 4 rings (SSSR count). The van der Waals surface area contributed by atoms with Crippen LogP contribution in [0.1, 0.15) is 24.0 Å². The number of hydrogen-bond donors (Lipinski definition) is 0. The zero-order valence-electron chi connectivity index (χ0n) is 16.9. The van der Waals surface area contributed by atoms with Crippen LogP contribution in [0, 0.1) is 12.8 Å². The molecule has 0 N–H and O–H groups in total. The van der Waals surface area contributed by atoms with E-state index < -0.39 is 5.63 Å². The number of fused-ring (bicyclic) bond motifs is 1. The fraction of sp³-hybridized carbons (Fsp3) is 0.333. The minimum absolute atomic E-state index is 0.0602. The van der Waals surface area contributed by atoms with Crippen molar-refractivity contribution in [1.82, 2.24) is 4.90 Å². The Morgan fingerprint density at radius 2 is 1.90 bits per heavy atom. The monoisotopic (exact) mass is 425 g/mol. The van der Waals surface area contributed by atoms with Crippen LogP contribution in [0.5, 0.6) is 5.75 Å². The molecule has 0 spiro atoms. The Labute approximate surface area is 180 Å². The Bertz CT molecular complexity index is 1100. The summed E-state index contributed by atoms with van der Waals surface area (Å²) < 4.78 is 10.9. The molecule has 0 saturated carbocycles. The van der Waals surface area contributed by atoms with Gasteiger partial charge in [-0.05, 0) is 49.3 Å². The number of hydrogen-bond acceptors (Lipinski definition) is 4. The van der Waals surface area contributed by atoms with Gasteiger partial charge in [-0.1, -0.05) is 41.9 Å². The highest BCUT2D eigenvalue weighted by Gasteiger charge is 2.23. The van der Waals surface area contributed by atoms with Gasteiger partial charge in [0.05, 0.1) is 5.02 Å². The number of likely N-dealkylation sites (tertiary alicyclic amines) is 1. The number of amides is 1. The number of ether oxygens (including phenoxy) is 1. The van der Waals surface area contributed by atoms with Gasteiger partial charge in [-0.15, -0.1) is 0 Å². The highest BCUT2D eigenvalue weighted by molar-refractivity contribution is 6.32. The second-order valence-electron chi connectivity index (χ2n) is 7.83. The van der Waals surface area contributed by atoms with Gasteiger partial charge in [0.25, 0.3) is 5.91 Å². The Kier molecular flexibility index (Phi) is 6.09. The predicted molar refractivity (Wildman–Crippen MR) is 117 cm³/mol. The minimum atomic E-state index is -0.428. The van der Waals surface area contributed by atoms with Crippen molar-refractivity contribution in [2.45, 2.75) is 26.2 Å². The quantitative estimate of drug-likeness (QED) is 0.560. The van der Waals surface area contributed by atoms with Crippen molar-refractivity contribution in [3.05, 3.63) is 75.1 Å². The Balaban J connectivity index is 1.34. The Morgan fingerprint density at radius 1 is 1.17 bits per heavy atom. The largest absolute Gasteiger partial charge is 0.482 e. The summed E-state index contributed by atoms with van der Waals surface area (Å²) in [7, 11) is 0. The molecule has 5 nitrogen and oxygen atoms in total. The molecule has 2 heterocycles. The third-order valence-electron chi connectivity index (χ3n) is 5.69. The summed E-state index contributed by atoms with van der Waals surface area (Å²) in [6.07, 6.45) is 3.03. The summed E-state index contributed by atoms with van der Waals surface area (Å²) in [4.78, 5) is 26.1. The van der Waals surface area contributed by atoms with Crippen LogP contribution < -0.4 is 10.4 Å². The Hall–Kier alpha value is -2.79. The fourth-order valence-electron chi connectivity index (χ4n) is 4.00. The first-order chi connectivity index (χ1) is 14.5. The van der Waals surface area contributed by atoms with Crippen molar-refractivity contribution in [2.75, 3.05) is 19.7 Å². The van der Waals surface area contributed by atoms with E-state index in [1.807, 2.05) is 17.9 Å². The predicted octanol–water partition coefficient (Wildman–Crippen LogP) is 4.61. The van der Waals surface area contributed by atoms with Gasteiger partial charge in [-0.2, -0.15) is 0 Å². The van der Waals surface area contributed by atoms with E-state index in [1.165, 1.54) is 11.6 Å². The molecule has 0 bridgehead atoms. The normalized spacial score (nSPS) is 14.8. The minimum Gasteiger partial charge on any atom is -0.482 e. The molecule has 1 aromatic heterocycles. The van der Waals surface area contributed by atoms with Gasteiger partial charge in [-0.3, -0.25) is 4.79 Å². The van der Waals surface area contributed by atoms with E-state index in [1.54, 1.807) is 12.1 Å². The van der Waals surface area contributed by atoms with Gasteiger partial charge in [0.1, 0.15) is 11.3 Å². The molecule has 1 saturated heterocycles. The molecule has 2 aromatic carbocycles. The molecule has 0 atom stereocenters. The maximum atomic E-state index is 12.6. The first-order valence-corrected chi connectivity index (χ1v) is 10.6. The highest BCUT2D eigenvalue weighted by atomic mass is 35.5. The van der Waals surface area contributed by atoms with Crippen molar-refractivity contribution >= 4 is 28.5 Å². The molecule has 1 aliphatic rings. The van der Waals surface area contributed by atoms with Crippen molar-refractivity contribution in [2.24, 2.45) is 5.92 Å². The average Bonchev–Trinajstić information content (AvgIpc) is 2.74. The number of carbonyl (C=O) groups excluding carboxylic acids is 1. The second kappa shape index (κ2) is 8.92. The van der Waals surface area contributed by atoms with E-state index in [4.69, 9.17) is 20.8 Å². The number of piperidine rings is 1. The van der Waals surface area contributed by atoms with Crippen LogP contribution in [0.4, 0.5) is 0 Å². The summed E-state index contributed by atoms with van der Waals surface area (Å²) in [5.41, 5.74) is 2.10. The average molecular weight is 426 g/mol. The summed E-state index contributed by atoms with van der Waals surface area (Å²) in [5, 5.41) is 1.13. The third-order valence-corrected chi connectivity index (χ3v) is 5.98. The molecular formula is C24H24ClNO4. The maximum Gasteiger partial charge on any atom is 0.336 e. The van der Waals surface area contributed by atoms with Crippen LogP contribution >= 0.6 is 11.6 Å². The second-order valence-corrected chi connectivity index (χ2v) is 8.24. The molecule has 0 unspecified atom stereocenters. The van der Waals surface area contributed by atoms with Crippen molar-refractivity contribution in [1.29, 1.82) is 0 Å². The molecule has 1 fully saturated rings. The molecular weight excluding hydrogens is 402 g/mol. The van der Waals surface area contributed by atoms with Gasteiger partial charge in [0.2, 0.25) is 0 Å². The lowest BCUT2D eigenvalue weighted by Gasteiger charge is -2.32. The molecule has 1 aliphatic heterocycles. The summed E-state index contributed by atoms with van der Waals surface area (Å²) in [5.74, 6) is 0.874. The number of rotatable bonds is 5. The van der Waals surface area contributed by atoms with Gasteiger partial charge >= 0.3 is 5.63 Å². The fourth-order valence-corrected chi connectivity index (χ4v) is 4.21. The van der Waals surface area contributed by atoms with E-state index in [9.17, 15) is 9.59 Å². The SMILES string of the molecule is Cc1cc(=O)oc2cc(OCC(=O)N3CCC(Cc4ccccc4)CC3)c(Cl)cc12. The van der Waals surface area contributed by atoms with Crippen LogP contribution in [0.15, 0.2) is 57.7 Å². The number of nitrogens with zero attached hydrogens (tertiary/aromatic N) is 1. The van der Waals surface area contributed by atoms with E-state index in [2.05, 4.69) is 24.3 Å². The van der Waals surface area contributed by atoms with Crippen LogP contribution in [0.2, 0.25) is 5.02 Å². The summed E-state index contributed by atoms with van der Waals surface area (Å²) in [6, 6.07) is 15.2. The topological polar surface area (TPSA) is 59.8 Å². The number of halogens is 1. The smallest absolute Gasteiger partial charge is 0.336 e. The van der Waals surface area contributed by atoms with E-state index in [0.29, 0.717) is 22.3 Å². The highest BCUT2D eigenvalue weighted by Crippen LogP contribution is 2.31. The van der Waals surface area contributed by atoms with Crippen LogP contribution in [0.25, 0.3) is 11.0 Å². The molecule has 0 aliphatic carbocycles. The zero-order chi connectivity index (χ0) is 21.1. The number of aryl methyl sites for hydroxylation is 1. The standard InChI is InChI=1S/C24H24ClNO4/c1-16-11-24(28)30-21-14-22(20(25)13-19(16)21)29-15-23(27)26-9-7-18(8-10-26)12-17-5-3-2-4-6-17/h2-6,11,13-14,18H,7-10,12,15H2,1H3. The van der Waals surface area contributed by atoms with Crippen molar-refractivity contribution in [3.63, 3.8) is 0 Å². The van der Waals surface area contributed by atoms with Gasteiger partial charge in [-0.25, -0.2) is 4.79 Å². The van der Waals surface area contributed by atoms with Crippen LogP contribution in [-0.4, -0.2) is 30.5 Å². The lowest BCUT2D eigenvalue weighted by molar-refractivity contribution is -0.134. The van der Waals surface area contributed by atoms with Crippen LogP contribution in [-0.2, 0) is 11.2 Å². The third kappa shape index (κ3) is 4.68. The maximum absolute atomic E-state index is 12.6. The molecule has 6 heteroatoms. The zero-order valence-corrected chi connectivity index (χ0v) is 17.7. The van der Waals surface area contributed by atoms with E-state index in [0.717, 1.165) is 43.3 Å². The molecule has 156 valence electrons. The van der Waals surface area contributed by atoms with Crippen LogP contribution in [0.3, 0.4) is 0 Å². The van der Waals surface area contributed by atoms with Gasteiger partial charge in [0, 0.05) is 30.6 Å². The summed E-state index contributed by atoms with van der Waals surface area (Å²) in [6.45, 7) is 3.20. The first-order valence-electron chi connectivity index (χ1n) is 10.2. The van der Waals surface area contributed by atoms with E-state index >= 15 is 0 Å². The molecule has 30 heavy (non-hydrogen) atoms. The molecule has 3 aromatic rings. The Morgan fingerprint density at radius 3 is 2.63 bits per heavy atom. The lowest BCUT2D eigenvalue weighted by Crippen LogP contribution is -2.41. The number of benzene rings is 2.